The van der Waals surface area contributed by atoms with Crippen molar-refractivity contribution in [1.82, 2.24) is 5.32 Å². The molecule has 0 unspecified atom stereocenters. The maximum atomic E-state index is 11.9. The second-order valence-corrected chi connectivity index (χ2v) is 5.29. The predicted molar refractivity (Wildman–Crippen MR) is 82.2 cm³/mol. The molecule has 0 amide bonds. The molecule has 0 aliphatic heterocycles. The van der Waals surface area contributed by atoms with Gasteiger partial charge in [-0.25, -0.2) is 4.79 Å². The van der Waals surface area contributed by atoms with Crippen LogP contribution in [0.2, 0.25) is 0 Å². The molecule has 0 radical (unpaired) electrons. The Morgan fingerprint density at radius 1 is 1.15 bits per heavy atom. The summed E-state index contributed by atoms with van der Waals surface area (Å²) < 4.78 is 5.85. The molecule has 0 fully saturated rings. The summed E-state index contributed by atoms with van der Waals surface area (Å²) in [6.07, 6.45) is 0. The fraction of sp³-hybridized carbons (Fsp3) is 0.188. The summed E-state index contributed by atoms with van der Waals surface area (Å²) in [5.41, 5.74) is 2.01. The van der Waals surface area contributed by atoms with Crippen molar-refractivity contribution in [3.8, 4) is 0 Å². The van der Waals surface area contributed by atoms with Crippen molar-refractivity contribution in [3.63, 3.8) is 0 Å². The van der Waals surface area contributed by atoms with Crippen LogP contribution in [0.1, 0.15) is 17.2 Å². The highest BCUT2D eigenvalue weighted by atomic mass is 79.9. The third kappa shape index (κ3) is 3.92. The van der Waals surface area contributed by atoms with Gasteiger partial charge in [-0.3, -0.25) is 5.32 Å². The molecular formula is C16H16BrNO2. The minimum Gasteiger partial charge on any atom is -0.468 e. The Kier molecular flexibility index (Phi) is 5.32. The van der Waals surface area contributed by atoms with Crippen LogP contribution in [0.3, 0.4) is 0 Å². The first-order valence-electron chi connectivity index (χ1n) is 6.31. The smallest absolute Gasteiger partial charge is 0.327 e. The van der Waals surface area contributed by atoms with Gasteiger partial charge in [-0.15, -0.1) is 0 Å². The molecule has 0 saturated heterocycles. The van der Waals surface area contributed by atoms with Gasteiger partial charge in [-0.2, -0.15) is 0 Å². The molecular weight excluding hydrogens is 318 g/mol. The molecule has 1 atom stereocenters. The van der Waals surface area contributed by atoms with E-state index in [1.807, 2.05) is 54.6 Å². The highest BCUT2D eigenvalue weighted by Gasteiger charge is 2.20. The van der Waals surface area contributed by atoms with E-state index in [0.29, 0.717) is 6.54 Å². The van der Waals surface area contributed by atoms with Crippen molar-refractivity contribution in [2.75, 3.05) is 7.11 Å². The summed E-state index contributed by atoms with van der Waals surface area (Å²) in [6.45, 7) is 0.608. The molecule has 0 spiro atoms. The number of esters is 1. The van der Waals surface area contributed by atoms with Gasteiger partial charge in [-0.1, -0.05) is 58.4 Å². The standard InChI is InChI=1S/C16H16BrNO2/c1-20-16(19)15(13-7-9-14(17)10-8-13)18-11-12-5-3-2-4-6-12/h2-10,15,18H,11H2,1H3/t15-/m1/s1. The largest absolute Gasteiger partial charge is 0.468 e. The number of carbonyl (C=O) groups is 1. The van der Waals surface area contributed by atoms with E-state index >= 15 is 0 Å². The molecule has 0 aliphatic carbocycles. The van der Waals surface area contributed by atoms with Crippen LogP contribution >= 0.6 is 15.9 Å². The van der Waals surface area contributed by atoms with E-state index in [2.05, 4.69) is 21.2 Å². The number of methoxy groups -OCH3 is 1. The van der Waals surface area contributed by atoms with Gasteiger partial charge >= 0.3 is 5.97 Å². The van der Waals surface area contributed by atoms with E-state index in [0.717, 1.165) is 15.6 Å². The number of rotatable bonds is 5. The minimum absolute atomic E-state index is 0.289. The summed E-state index contributed by atoms with van der Waals surface area (Å²) in [6, 6.07) is 17.1. The molecule has 0 saturated carbocycles. The highest BCUT2D eigenvalue weighted by Crippen LogP contribution is 2.18. The molecule has 3 nitrogen and oxygen atoms in total. The number of nitrogens with one attached hydrogen (secondary N) is 1. The van der Waals surface area contributed by atoms with Crippen LogP contribution in [0.4, 0.5) is 0 Å². The zero-order chi connectivity index (χ0) is 14.4. The average molecular weight is 334 g/mol. The van der Waals surface area contributed by atoms with Crippen molar-refractivity contribution < 1.29 is 9.53 Å². The predicted octanol–water partition coefficient (Wildman–Crippen LogP) is 3.45. The molecule has 4 heteroatoms. The number of hydrogen-bond acceptors (Lipinski definition) is 3. The van der Waals surface area contributed by atoms with Gasteiger partial charge in [-0.05, 0) is 23.3 Å². The van der Waals surface area contributed by atoms with Crippen LogP contribution in [-0.2, 0) is 16.1 Å². The Labute approximate surface area is 127 Å². The monoisotopic (exact) mass is 333 g/mol. The molecule has 2 aromatic carbocycles. The third-order valence-electron chi connectivity index (χ3n) is 2.99. The third-order valence-corrected chi connectivity index (χ3v) is 3.52. The van der Waals surface area contributed by atoms with Gasteiger partial charge in [0.25, 0.3) is 0 Å². The molecule has 0 bridgehead atoms. The maximum absolute atomic E-state index is 11.9. The maximum Gasteiger partial charge on any atom is 0.327 e. The van der Waals surface area contributed by atoms with Gasteiger partial charge in [0.15, 0.2) is 0 Å². The molecule has 2 rings (SSSR count). The van der Waals surface area contributed by atoms with E-state index in [1.165, 1.54) is 7.11 Å². The van der Waals surface area contributed by atoms with Gasteiger partial charge in [0.2, 0.25) is 0 Å². The number of halogens is 1. The van der Waals surface area contributed by atoms with E-state index in [9.17, 15) is 4.79 Å². The second-order valence-electron chi connectivity index (χ2n) is 4.37. The van der Waals surface area contributed by atoms with Crippen LogP contribution in [0.5, 0.6) is 0 Å². The SMILES string of the molecule is COC(=O)[C@H](NCc1ccccc1)c1ccc(Br)cc1. The Morgan fingerprint density at radius 2 is 1.80 bits per heavy atom. The fourth-order valence-electron chi connectivity index (χ4n) is 1.93. The van der Waals surface area contributed by atoms with E-state index in [4.69, 9.17) is 4.74 Å². The van der Waals surface area contributed by atoms with E-state index in [-0.39, 0.29) is 5.97 Å². The zero-order valence-electron chi connectivity index (χ0n) is 11.2. The zero-order valence-corrected chi connectivity index (χ0v) is 12.8. The molecule has 0 aliphatic rings. The summed E-state index contributed by atoms with van der Waals surface area (Å²) in [7, 11) is 1.40. The summed E-state index contributed by atoms with van der Waals surface area (Å²) in [5, 5.41) is 3.23. The quantitative estimate of drug-likeness (QED) is 0.851. The molecule has 1 N–H and O–H groups in total. The summed E-state index contributed by atoms with van der Waals surface area (Å²) >= 11 is 3.39. The minimum atomic E-state index is -0.465. The van der Waals surface area contributed by atoms with Crippen molar-refractivity contribution in [3.05, 3.63) is 70.2 Å². The molecule has 2 aromatic rings. The van der Waals surface area contributed by atoms with Crippen molar-refractivity contribution >= 4 is 21.9 Å². The molecule has 20 heavy (non-hydrogen) atoms. The van der Waals surface area contributed by atoms with Gasteiger partial charge in [0.05, 0.1) is 7.11 Å². The number of ether oxygens (including phenoxy) is 1. The van der Waals surface area contributed by atoms with Gasteiger partial charge in [0.1, 0.15) is 6.04 Å². The first kappa shape index (κ1) is 14.8. The molecule has 104 valence electrons. The lowest BCUT2D eigenvalue weighted by molar-refractivity contribution is -0.143. The topological polar surface area (TPSA) is 38.3 Å². The average Bonchev–Trinajstić information content (AvgIpc) is 2.50. The number of carbonyl (C=O) groups excluding carboxylic acids is 1. The first-order chi connectivity index (χ1) is 9.70. The Balaban J connectivity index is 2.12. The van der Waals surface area contributed by atoms with Crippen LogP contribution < -0.4 is 5.32 Å². The summed E-state index contributed by atoms with van der Waals surface area (Å²) in [5.74, 6) is -0.289. The van der Waals surface area contributed by atoms with Crippen LogP contribution in [0.15, 0.2) is 59.1 Å². The lowest BCUT2D eigenvalue weighted by Gasteiger charge is -2.17. The first-order valence-corrected chi connectivity index (χ1v) is 7.10. The van der Waals surface area contributed by atoms with Crippen LogP contribution in [0, 0.1) is 0 Å². The Bertz CT molecular complexity index is 554. The number of hydrogen-bond donors (Lipinski definition) is 1. The van der Waals surface area contributed by atoms with Crippen molar-refractivity contribution in [2.45, 2.75) is 12.6 Å². The Morgan fingerprint density at radius 3 is 2.40 bits per heavy atom. The normalized spacial score (nSPS) is 11.9. The highest BCUT2D eigenvalue weighted by molar-refractivity contribution is 9.10. The second kappa shape index (κ2) is 7.22. The lowest BCUT2D eigenvalue weighted by Crippen LogP contribution is -2.29. The van der Waals surface area contributed by atoms with Crippen LogP contribution in [0.25, 0.3) is 0 Å². The van der Waals surface area contributed by atoms with Gasteiger partial charge < -0.3 is 4.74 Å². The van der Waals surface area contributed by atoms with Crippen molar-refractivity contribution in [1.29, 1.82) is 0 Å². The lowest BCUT2D eigenvalue weighted by atomic mass is 10.1. The number of benzene rings is 2. The fourth-order valence-corrected chi connectivity index (χ4v) is 2.19. The van der Waals surface area contributed by atoms with Crippen LogP contribution in [-0.4, -0.2) is 13.1 Å². The summed E-state index contributed by atoms with van der Waals surface area (Å²) in [4.78, 5) is 11.9. The van der Waals surface area contributed by atoms with Crippen molar-refractivity contribution in [2.24, 2.45) is 0 Å². The van der Waals surface area contributed by atoms with E-state index in [1.54, 1.807) is 0 Å². The Hall–Kier alpha value is -1.65. The van der Waals surface area contributed by atoms with Gasteiger partial charge in [0, 0.05) is 11.0 Å². The molecule has 0 heterocycles. The molecule has 0 aromatic heterocycles. The van der Waals surface area contributed by atoms with E-state index < -0.39 is 6.04 Å².